The van der Waals surface area contributed by atoms with Crippen molar-refractivity contribution in [3.05, 3.63) is 35.1 Å². The summed E-state index contributed by atoms with van der Waals surface area (Å²) in [6.45, 7) is 5.88. The molecule has 0 atom stereocenters. The number of Topliss-reactive ketones (excluding diaryl/α,β-unsaturated/α-hetero) is 1. The van der Waals surface area contributed by atoms with Gasteiger partial charge < -0.3 is 4.74 Å². The van der Waals surface area contributed by atoms with E-state index in [-0.39, 0.29) is 17.7 Å². The van der Waals surface area contributed by atoms with Gasteiger partial charge in [-0.3, -0.25) is 4.79 Å². The molecule has 1 aromatic carbocycles. The van der Waals surface area contributed by atoms with Gasteiger partial charge in [0.2, 0.25) is 0 Å². The first-order valence-electron chi connectivity index (χ1n) is 5.41. The molecule has 1 rings (SSSR count). The highest BCUT2D eigenvalue weighted by atomic mass is 19.1. The Kier molecular flexibility index (Phi) is 4.62. The van der Waals surface area contributed by atoms with Crippen molar-refractivity contribution in [1.82, 2.24) is 0 Å². The van der Waals surface area contributed by atoms with E-state index < -0.39 is 0 Å². The summed E-state index contributed by atoms with van der Waals surface area (Å²) in [6, 6.07) is 4.55. The van der Waals surface area contributed by atoms with Gasteiger partial charge in [-0.2, -0.15) is 0 Å². The first-order chi connectivity index (χ1) is 7.50. The normalized spacial score (nSPS) is 10.8. The minimum atomic E-state index is -0.337. The van der Waals surface area contributed by atoms with Crippen LogP contribution >= 0.6 is 0 Å². The van der Waals surface area contributed by atoms with Crippen LogP contribution in [0.3, 0.4) is 0 Å². The maximum atomic E-state index is 13.2. The highest BCUT2D eigenvalue weighted by Gasteiger charge is 2.08. The minimum Gasteiger partial charge on any atom is -0.378 e. The molecule has 16 heavy (non-hydrogen) atoms. The molecule has 0 saturated carbocycles. The number of hydrogen-bond donors (Lipinski definition) is 0. The number of carbonyl (C=O) groups is 1. The van der Waals surface area contributed by atoms with Crippen molar-refractivity contribution in [3.63, 3.8) is 0 Å². The van der Waals surface area contributed by atoms with E-state index in [1.165, 1.54) is 6.07 Å². The van der Waals surface area contributed by atoms with Crippen LogP contribution in [0.25, 0.3) is 0 Å². The van der Waals surface area contributed by atoms with Crippen molar-refractivity contribution >= 4 is 5.78 Å². The van der Waals surface area contributed by atoms with E-state index in [1.807, 2.05) is 13.8 Å². The van der Waals surface area contributed by atoms with Crippen LogP contribution in [-0.2, 0) is 4.74 Å². The predicted molar refractivity (Wildman–Crippen MR) is 61.2 cm³/mol. The number of aryl methyl sites for hydroxylation is 1. The number of ketones is 1. The van der Waals surface area contributed by atoms with Gasteiger partial charge in [-0.15, -0.1) is 0 Å². The lowest BCUT2D eigenvalue weighted by Crippen LogP contribution is -2.09. The lowest BCUT2D eigenvalue weighted by atomic mass is 10.1. The van der Waals surface area contributed by atoms with Crippen LogP contribution < -0.4 is 0 Å². The van der Waals surface area contributed by atoms with Gasteiger partial charge in [0.1, 0.15) is 5.82 Å². The van der Waals surface area contributed by atoms with Crippen LogP contribution in [0, 0.1) is 12.7 Å². The molecule has 88 valence electrons. The second kappa shape index (κ2) is 5.75. The minimum absolute atomic E-state index is 0.0837. The SMILES string of the molecule is Cc1ccc(C(=O)CCOC(C)C)cc1F. The Morgan fingerprint density at radius 3 is 2.69 bits per heavy atom. The van der Waals surface area contributed by atoms with Gasteiger partial charge >= 0.3 is 0 Å². The molecule has 0 aliphatic rings. The van der Waals surface area contributed by atoms with Crippen molar-refractivity contribution in [3.8, 4) is 0 Å². The van der Waals surface area contributed by atoms with E-state index in [4.69, 9.17) is 4.74 Å². The lowest BCUT2D eigenvalue weighted by molar-refractivity contribution is 0.0678. The van der Waals surface area contributed by atoms with Crippen LogP contribution in [0.1, 0.15) is 36.2 Å². The number of hydrogen-bond acceptors (Lipinski definition) is 2. The molecule has 0 amide bonds. The van der Waals surface area contributed by atoms with Crippen molar-refractivity contribution < 1.29 is 13.9 Å². The van der Waals surface area contributed by atoms with Gasteiger partial charge in [-0.1, -0.05) is 12.1 Å². The molecule has 0 aliphatic heterocycles. The van der Waals surface area contributed by atoms with Gasteiger partial charge in [0.25, 0.3) is 0 Å². The van der Waals surface area contributed by atoms with E-state index in [2.05, 4.69) is 0 Å². The third-order valence-corrected chi connectivity index (χ3v) is 2.27. The first-order valence-corrected chi connectivity index (χ1v) is 5.41. The second-order valence-electron chi connectivity index (χ2n) is 4.06. The summed E-state index contributed by atoms with van der Waals surface area (Å²) >= 11 is 0. The van der Waals surface area contributed by atoms with E-state index in [0.29, 0.717) is 24.2 Å². The van der Waals surface area contributed by atoms with E-state index in [0.717, 1.165) is 0 Å². The van der Waals surface area contributed by atoms with Gasteiger partial charge in [-0.05, 0) is 32.4 Å². The largest absolute Gasteiger partial charge is 0.378 e. The Balaban J connectivity index is 2.56. The highest BCUT2D eigenvalue weighted by molar-refractivity contribution is 5.96. The molecular formula is C13H17FO2. The number of rotatable bonds is 5. The maximum absolute atomic E-state index is 13.2. The number of benzene rings is 1. The predicted octanol–water partition coefficient (Wildman–Crippen LogP) is 3.13. The van der Waals surface area contributed by atoms with Gasteiger partial charge in [0, 0.05) is 12.0 Å². The third-order valence-electron chi connectivity index (χ3n) is 2.27. The Morgan fingerprint density at radius 1 is 1.44 bits per heavy atom. The topological polar surface area (TPSA) is 26.3 Å². The monoisotopic (exact) mass is 224 g/mol. The van der Waals surface area contributed by atoms with Gasteiger partial charge in [0.05, 0.1) is 12.7 Å². The summed E-state index contributed by atoms with van der Waals surface area (Å²) < 4.78 is 18.5. The highest BCUT2D eigenvalue weighted by Crippen LogP contribution is 2.11. The van der Waals surface area contributed by atoms with Crippen molar-refractivity contribution in [1.29, 1.82) is 0 Å². The van der Waals surface area contributed by atoms with E-state index >= 15 is 0 Å². The molecule has 1 aromatic rings. The number of ether oxygens (including phenoxy) is 1. The fourth-order valence-corrected chi connectivity index (χ4v) is 1.30. The third kappa shape index (κ3) is 3.74. The molecule has 0 unspecified atom stereocenters. The molecule has 2 nitrogen and oxygen atoms in total. The quantitative estimate of drug-likeness (QED) is 0.718. The molecule has 0 bridgehead atoms. The molecule has 0 fully saturated rings. The fraction of sp³-hybridized carbons (Fsp3) is 0.462. The smallest absolute Gasteiger partial charge is 0.165 e. The van der Waals surface area contributed by atoms with Crippen molar-refractivity contribution in [2.45, 2.75) is 33.3 Å². The summed E-state index contributed by atoms with van der Waals surface area (Å²) in [4.78, 5) is 11.6. The molecule has 0 spiro atoms. The molecule has 0 N–H and O–H groups in total. The van der Waals surface area contributed by atoms with Crippen molar-refractivity contribution in [2.75, 3.05) is 6.61 Å². The molecule has 0 saturated heterocycles. The summed E-state index contributed by atoms with van der Waals surface area (Å²) in [7, 11) is 0. The standard InChI is InChI=1S/C13H17FO2/c1-9(2)16-7-6-13(15)11-5-4-10(3)12(14)8-11/h4-5,8-9H,6-7H2,1-3H3. The molecule has 0 aromatic heterocycles. The Bertz CT molecular complexity index is 372. The molecule has 0 radical (unpaired) electrons. The van der Waals surface area contributed by atoms with Gasteiger partial charge in [0.15, 0.2) is 5.78 Å². The Labute approximate surface area is 95.4 Å². The lowest BCUT2D eigenvalue weighted by Gasteiger charge is -2.07. The Hall–Kier alpha value is -1.22. The molecule has 0 heterocycles. The van der Waals surface area contributed by atoms with Crippen molar-refractivity contribution in [2.24, 2.45) is 0 Å². The summed E-state index contributed by atoms with van der Waals surface area (Å²) in [6.07, 6.45) is 0.406. The van der Waals surface area contributed by atoms with E-state index in [1.54, 1.807) is 19.1 Å². The first kappa shape index (κ1) is 12.8. The zero-order chi connectivity index (χ0) is 12.1. The second-order valence-corrected chi connectivity index (χ2v) is 4.06. The average Bonchev–Trinajstić information content (AvgIpc) is 2.21. The average molecular weight is 224 g/mol. The zero-order valence-electron chi connectivity index (χ0n) is 9.92. The number of carbonyl (C=O) groups excluding carboxylic acids is 1. The van der Waals surface area contributed by atoms with Crippen LogP contribution in [-0.4, -0.2) is 18.5 Å². The van der Waals surface area contributed by atoms with Crippen LogP contribution in [0.2, 0.25) is 0 Å². The summed E-state index contributed by atoms with van der Waals surface area (Å²) in [5.74, 6) is -0.421. The molecule has 0 aliphatic carbocycles. The van der Waals surface area contributed by atoms with Crippen LogP contribution in [0.5, 0.6) is 0 Å². The summed E-state index contributed by atoms with van der Waals surface area (Å²) in [5, 5.41) is 0. The zero-order valence-corrected chi connectivity index (χ0v) is 9.92. The van der Waals surface area contributed by atoms with Crippen LogP contribution in [0.4, 0.5) is 4.39 Å². The maximum Gasteiger partial charge on any atom is 0.165 e. The number of halogens is 1. The van der Waals surface area contributed by atoms with E-state index in [9.17, 15) is 9.18 Å². The Morgan fingerprint density at radius 2 is 2.12 bits per heavy atom. The molecule has 3 heteroatoms. The van der Waals surface area contributed by atoms with Crippen LogP contribution in [0.15, 0.2) is 18.2 Å². The summed E-state index contributed by atoms with van der Waals surface area (Å²) in [5.41, 5.74) is 0.963. The fourth-order valence-electron chi connectivity index (χ4n) is 1.30. The molecular weight excluding hydrogens is 207 g/mol. The van der Waals surface area contributed by atoms with Gasteiger partial charge in [-0.25, -0.2) is 4.39 Å².